The minimum absolute atomic E-state index is 0.0578. The van der Waals surface area contributed by atoms with Gasteiger partial charge in [0.25, 0.3) is 6.43 Å². The number of hydrogen-bond donors (Lipinski definition) is 0. The third-order valence-electron chi connectivity index (χ3n) is 13.3. The maximum atomic E-state index is 16.2. The van der Waals surface area contributed by atoms with Crippen LogP contribution in [0.25, 0.3) is 0 Å². The molecule has 0 aromatic heterocycles. The van der Waals surface area contributed by atoms with Gasteiger partial charge in [0.15, 0.2) is 5.78 Å². The number of terminal acetylenes is 1. The molecule has 0 amide bonds. The van der Waals surface area contributed by atoms with Gasteiger partial charge in [-0.2, -0.15) is 0 Å². The fraction of sp³-hybridized carbons (Fsp3) is 0.538. The number of aryl methyl sites for hydroxylation is 1. The molecule has 0 spiro atoms. The average molecular weight is 873 g/mol. The van der Waals surface area contributed by atoms with Crippen molar-refractivity contribution in [2.75, 3.05) is 62.2 Å². The first-order valence-electron chi connectivity index (χ1n) is 22.9. The predicted molar refractivity (Wildman–Crippen MR) is 248 cm³/mol. The fourth-order valence-electron chi connectivity index (χ4n) is 9.80. The molecule has 0 N–H and O–H groups in total. The minimum atomic E-state index is -2.66. The number of carbonyl (C=O) groups is 2. The highest BCUT2D eigenvalue weighted by Gasteiger charge is 2.40. The van der Waals surface area contributed by atoms with Crippen LogP contribution < -0.4 is 14.5 Å². The van der Waals surface area contributed by atoms with E-state index in [9.17, 15) is 18.4 Å². The van der Waals surface area contributed by atoms with Crippen molar-refractivity contribution < 1.29 is 31.9 Å². The van der Waals surface area contributed by atoms with Crippen LogP contribution in [-0.2, 0) is 17.6 Å². The van der Waals surface area contributed by atoms with Crippen LogP contribution in [0.3, 0.4) is 0 Å². The lowest BCUT2D eigenvalue weighted by atomic mass is 9.81. The van der Waals surface area contributed by atoms with Crippen molar-refractivity contribution in [3.8, 4) is 18.1 Å². The van der Waals surface area contributed by atoms with Crippen LogP contribution in [0.5, 0.6) is 5.75 Å². The average Bonchev–Trinajstić information content (AvgIpc) is 3.26. The predicted octanol–water partition coefficient (Wildman–Crippen LogP) is 10.6. The third-order valence-corrected chi connectivity index (χ3v) is 13.3. The number of ketones is 2. The van der Waals surface area contributed by atoms with Crippen molar-refractivity contribution in [3.05, 3.63) is 99.6 Å². The van der Waals surface area contributed by atoms with Crippen molar-refractivity contribution in [3.63, 3.8) is 0 Å². The van der Waals surface area contributed by atoms with Crippen LogP contribution in [-0.4, -0.2) is 92.3 Å². The molecule has 4 heterocycles. The molecule has 0 bridgehead atoms. The van der Waals surface area contributed by atoms with E-state index in [1.165, 1.54) is 17.0 Å². The molecule has 3 aromatic rings. The molecule has 7 rings (SSSR count). The standard InChI is InChI=1S/C42H48F4N4O2.C8H14O.C2H6/c1-6-31-25(3)8-9-34-35(31)18-26(4)50(23-39(45)46)41(34)40-36(43)19-29(20-37(40)44)48-14-12-28(13-15-48)21-47-16-17-49-30(22-47)24-52-42-32(7-2)33(27(5)51)10-11-38(42)49;1-4-5-6-7(2)8(3)9;1-2/h1,8-11,19-20,26,28,30,39,41H,7,12-18,21-24H2,2-5H3;4,7H,1,5-6H2,2-3H3;1-2H3/t26?,30?,41-;;/m0../s1. The Morgan fingerprint density at radius 3 is 2.30 bits per heavy atom. The van der Waals surface area contributed by atoms with Crippen LogP contribution >= 0.6 is 0 Å². The Balaban J connectivity index is 0.000000607. The Morgan fingerprint density at radius 2 is 1.71 bits per heavy atom. The number of ether oxygens (including phenoxy) is 1. The molecular weight excluding hydrogens is 805 g/mol. The molecule has 342 valence electrons. The quantitative estimate of drug-likeness (QED) is 0.0778. The molecule has 4 aliphatic heterocycles. The van der Waals surface area contributed by atoms with E-state index >= 15 is 8.78 Å². The lowest BCUT2D eigenvalue weighted by Gasteiger charge is -2.47. The first-order chi connectivity index (χ1) is 30.2. The Kier molecular flexibility index (Phi) is 17.5. The summed E-state index contributed by atoms with van der Waals surface area (Å²) in [7, 11) is 0. The van der Waals surface area contributed by atoms with Crippen molar-refractivity contribution in [1.82, 2.24) is 9.80 Å². The lowest BCUT2D eigenvalue weighted by molar-refractivity contribution is -0.120. The molecule has 0 saturated carbocycles. The number of nitrogens with zero attached hydrogens (tertiary/aromatic N) is 4. The maximum absolute atomic E-state index is 16.2. The number of anilines is 2. The third kappa shape index (κ3) is 11.2. The summed E-state index contributed by atoms with van der Waals surface area (Å²) in [5.41, 5.74) is 5.99. The van der Waals surface area contributed by atoms with Gasteiger partial charge in [0.05, 0.1) is 24.3 Å². The number of alkyl halides is 2. The number of halogens is 4. The summed E-state index contributed by atoms with van der Waals surface area (Å²) in [5, 5.41) is 0. The van der Waals surface area contributed by atoms with E-state index in [0.717, 1.165) is 92.0 Å². The fourth-order valence-corrected chi connectivity index (χ4v) is 9.80. The van der Waals surface area contributed by atoms with Crippen molar-refractivity contribution in [1.29, 1.82) is 0 Å². The first-order valence-corrected chi connectivity index (χ1v) is 22.9. The summed E-state index contributed by atoms with van der Waals surface area (Å²) < 4.78 is 66.4. The van der Waals surface area contributed by atoms with E-state index in [0.29, 0.717) is 48.8 Å². The van der Waals surface area contributed by atoms with Gasteiger partial charge in [0, 0.05) is 79.2 Å². The normalized spacial score (nSPS) is 20.4. The van der Waals surface area contributed by atoms with Crippen LogP contribution in [0.2, 0.25) is 0 Å². The van der Waals surface area contributed by atoms with Gasteiger partial charge >= 0.3 is 0 Å². The van der Waals surface area contributed by atoms with E-state index in [2.05, 4.69) is 29.2 Å². The highest BCUT2D eigenvalue weighted by molar-refractivity contribution is 5.97. The number of piperazine rings is 1. The maximum Gasteiger partial charge on any atom is 0.251 e. The van der Waals surface area contributed by atoms with Crippen molar-refractivity contribution in [2.24, 2.45) is 11.8 Å². The molecule has 11 heteroatoms. The molecule has 0 aliphatic carbocycles. The van der Waals surface area contributed by atoms with Crippen molar-refractivity contribution in [2.45, 2.75) is 118 Å². The van der Waals surface area contributed by atoms with Gasteiger partial charge in [-0.05, 0) is 113 Å². The Morgan fingerprint density at radius 1 is 1.03 bits per heavy atom. The zero-order chi connectivity index (χ0) is 46.1. The topological polar surface area (TPSA) is 56.3 Å². The molecule has 2 fully saturated rings. The monoisotopic (exact) mass is 873 g/mol. The van der Waals surface area contributed by atoms with Crippen LogP contribution in [0.1, 0.15) is 124 Å². The molecule has 63 heavy (non-hydrogen) atoms. The van der Waals surface area contributed by atoms with Crippen LogP contribution in [0, 0.1) is 42.7 Å². The lowest BCUT2D eigenvalue weighted by Crippen LogP contribution is -2.58. The second kappa shape index (κ2) is 22.3. The summed E-state index contributed by atoms with van der Waals surface area (Å²) in [6, 6.07) is 9.13. The number of Topliss-reactive ketones (excluding diaryl/α,β-unsaturated/α-hetero) is 2. The van der Waals surface area contributed by atoms with E-state index in [-0.39, 0.29) is 29.1 Å². The molecular formula is C52H68F4N4O3. The highest BCUT2D eigenvalue weighted by atomic mass is 19.3. The van der Waals surface area contributed by atoms with E-state index < -0.39 is 36.7 Å². The van der Waals surface area contributed by atoms with Gasteiger partial charge in [-0.3, -0.25) is 19.4 Å². The Hall–Kier alpha value is -4.66. The largest absolute Gasteiger partial charge is 0.489 e. The SMILES string of the molecule is C#Cc1c(C)ccc2c1CC(C)N(CC(F)F)[C@@H]2c1c(F)cc(N2CCC(CN3CCN4c5ccc(C(C)=O)c(CC)c5OCC4C3)CC2)cc1F.C=CCCC(C)C(C)=O.CC. The molecule has 7 nitrogen and oxygen atoms in total. The molecule has 4 atom stereocenters. The summed E-state index contributed by atoms with van der Waals surface area (Å²) >= 11 is 0. The van der Waals surface area contributed by atoms with Crippen LogP contribution in [0.15, 0.2) is 49.1 Å². The summed E-state index contributed by atoms with van der Waals surface area (Å²) in [6.45, 7) is 23.5. The van der Waals surface area contributed by atoms with Gasteiger partial charge in [-0.1, -0.05) is 51.8 Å². The van der Waals surface area contributed by atoms with Gasteiger partial charge in [0.2, 0.25) is 0 Å². The molecule has 3 aromatic carbocycles. The van der Waals surface area contributed by atoms with Crippen LogP contribution in [0.4, 0.5) is 28.9 Å². The zero-order valence-electron chi connectivity index (χ0n) is 38.7. The Labute approximate surface area is 373 Å². The molecule has 4 aliphatic rings. The Bertz CT molecular complexity index is 2100. The minimum Gasteiger partial charge on any atom is -0.489 e. The molecule has 2 saturated heterocycles. The van der Waals surface area contributed by atoms with Gasteiger partial charge < -0.3 is 14.5 Å². The number of benzene rings is 3. The number of fused-ring (bicyclic) bond motifs is 4. The summed E-state index contributed by atoms with van der Waals surface area (Å²) in [5.74, 6) is 3.11. The summed E-state index contributed by atoms with van der Waals surface area (Å²) in [4.78, 5) is 31.3. The molecule has 0 radical (unpaired) electrons. The van der Waals surface area contributed by atoms with E-state index in [1.807, 2.05) is 63.8 Å². The first kappa shape index (κ1) is 49.4. The summed E-state index contributed by atoms with van der Waals surface area (Å²) in [6.07, 6.45) is 9.88. The molecule has 3 unspecified atom stereocenters. The number of allylic oxidation sites excluding steroid dienone is 1. The number of piperidine rings is 1. The second-order valence-corrected chi connectivity index (χ2v) is 17.4. The van der Waals surface area contributed by atoms with Gasteiger partial charge in [0.1, 0.15) is 29.8 Å². The van der Waals surface area contributed by atoms with Gasteiger partial charge in [-0.15, -0.1) is 13.0 Å². The number of rotatable bonds is 12. The number of carbonyl (C=O) groups excluding carboxylic acids is 2. The smallest absolute Gasteiger partial charge is 0.251 e. The highest BCUT2D eigenvalue weighted by Crippen LogP contribution is 2.44. The van der Waals surface area contributed by atoms with Crippen molar-refractivity contribution >= 4 is 22.9 Å². The number of hydrogen-bond acceptors (Lipinski definition) is 7. The van der Waals surface area contributed by atoms with E-state index in [4.69, 9.17) is 11.2 Å². The van der Waals surface area contributed by atoms with E-state index in [1.54, 1.807) is 19.9 Å². The zero-order valence-corrected chi connectivity index (χ0v) is 38.7. The second-order valence-electron chi connectivity index (χ2n) is 17.4. The van der Waals surface area contributed by atoms with Gasteiger partial charge in [-0.25, -0.2) is 17.6 Å².